The van der Waals surface area contributed by atoms with E-state index in [4.69, 9.17) is 5.73 Å². The lowest BCUT2D eigenvalue weighted by atomic mass is 9.96. The predicted molar refractivity (Wildman–Crippen MR) is 97.4 cm³/mol. The lowest BCUT2D eigenvalue weighted by molar-refractivity contribution is 0.0690. The SMILES string of the molecule is NC(CCc1cc(C(=O)O)nc2c(O)cccc12)C(=O)c1ccccc1. The van der Waals surface area contributed by atoms with Gasteiger partial charge in [0.25, 0.3) is 0 Å². The van der Waals surface area contributed by atoms with Crippen molar-refractivity contribution in [3.8, 4) is 5.75 Å². The minimum absolute atomic E-state index is 0.0866. The number of phenols is 1. The standard InChI is InChI=1S/C20H18N2O4/c21-15(19(24)12-5-2-1-3-6-12)10-9-13-11-16(20(25)26)22-18-14(13)7-4-8-17(18)23/h1-8,11,15,23H,9-10,21H2,(H,25,26). The number of nitrogens with two attached hydrogens (primary N) is 1. The number of fused-ring (bicyclic) bond motifs is 1. The Morgan fingerprint density at radius 1 is 1.08 bits per heavy atom. The van der Waals surface area contributed by atoms with E-state index >= 15 is 0 Å². The number of hydrogen-bond acceptors (Lipinski definition) is 5. The van der Waals surface area contributed by atoms with Gasteiger partial charge in [0.05, 0.1) is 6.04 Å². The number of phenolic OH excluding ortho intramolecular Hbond substituents is 1. The minimum Gasteiger partial charge on any atom is -0.506 e. The molecule has 1 unspecified atom stereocenters. The molecule has 0 saturated carbocycles. The third kappa shape index (κ3) is 3.55. The largest absolute Gasteiger partial charge is 0.506 e. The quantitative estimate of drug-likeness (QED) is 0.589. The Bertz CT molecular complexity index is 970. The minimum atomic E-state index is -1.18. The Labute approximate surface area is 149 Å². The van der Waals surface area contributed by atoms with E-state index < -0.39 is 12.0 Å². The number of pyridine rings is 1. The van der Waals surface area contributed by atoms with Crippen LogP contribution in [0.25, 0.3) is 10.9 Å². The van der Waals surface area contributed by atoms with Crippen molar-refractivity contribution in [3.63, 3.8) is 0 Å². The Morgan fingerprint density at radius 2 is 1.81 bits per heavy atom. The Balaban J connectivity index is 1.87. The second kappa shape index (κ2) is 7.33. The fourth-order valence-corrected chi connectivity index (χ4v) is 2.88. The lowest BCUT2D eigenvalue weighted by Crippen LogP contribution is -2.31. The Kier molecular flexibility index (Phi) is 4.95. The third-order valence-corrected chi connectivity index (χ3v) is 4.24. The molecule has 26 heavy (non-hydrogen) atoms. The number of Topliss-reactive ketones (excluding diaryl/α,β-unsaturated/α-hetero) is 1. The van der Waals surface area contributed by atoms with Crippen molar-refractivity contribution < 1.29 is 19.8 Å². The smallest absolute Gasteiger partial charge is 0.354 e. The van der Waals surface area contributed by atoms with Crippen LogP contribution < -0.4 is 5.73 Å². The average Bonchev–Trinajstić information content (AvgIpc) is 2.66. The van der Waals surface area contributed by atoms with Crippen molar-refractivity contribution in [2.45, 2.75) is 18.9 Å². The molecule has 0 fully saturated rings. The zero-order valence-corrected chi connectivity index (χ0v) is 13.9. The van der Waals surface area contributed by atoms with Crippen LogP contribution in [0, 0.1) is 0 Å². The summed E-state index contributed by atoms with van der Waals surface area (Å²) in [6.07, 6.45) is 0.740. The number of carbonyl (C=O) groups is 2. The molecule has 0 aliphatic carbocycles. The maximum atomic E-state index is 12.4. The predicted octanol–water partition coefficient (Wildman–Crippen LogP) is 2.78. The van der Waals surface area contributed by atoms with E-state index in [9.17, 15) is 19.8 Å². The molecule has 6 nitrogen and oxygen atoms in total. The molecule has 0 aliphatic heterocycles. The normalized spacial score (nSPS) is 12.0. The van der Waals surface area contributed by atoms with E-state index in [-0.39, 0.29) is 22.7 Å². The van der Waals surface area contributed by atoms with Crippen LogP contribution in [0.3, 0.4) is 0 Å². The van der Waals surface area contributed by atoms with Crippen LogP contribution >= 0.6 is 0 Å². The molecular formula is C20H18N2O4. The summed E-state index contributed by atoms with van der Waals surface area (Å²) in [6, 6.07) is 14.4. The summed E-state index contributed by atoms with van der Waals surface area (Å²) in [5.74, 6) is -1.43. The van der Waals surface area contributed by atoms with Gasteiger partial charge in [-0.2, -0.15) is 0 Å². The van der Waals surface area contributed by atoms with Crippen molar-refractivity contribution in [3.05, 3.63) is 71.4 Å². The number of benzene rings is 2. The van der Waals surface area contributed by atoms with E-state index in [0.717, 1.165) is 0 Å². The third-order valence-electron chi connectivity index (χ3n) is 4.24. The summed E-state index contributed by atoms with van der Waals surface area (Å²) in [7, 11) is 0. The number of carboxylic acids is 1. The van der Waals surface area contributed by atoms with Crippen molar-refractivity contribution in [2.24, 2.45) is 5.73 Å². The summed E-state index contributed by atoms with van der Waals surface area (Å²) in [6.45, 7) is 0. The van der Waals surface area contributed by atoms with Crippen LogP contribution in [0.1, 0.15) is 32.8 Å². The van der Waals surface area contributed by atoms with E-state index in [1.807, 2.05) is 6.07 Å². The van der Waals surface area contributed by atoms with Crippen LogP contribution in [-0.2, 0) is 6.42 Å². The Morgan fingerprint density at radius 3 is 2.50 bits per heavy atom. The highest BCUT2D eigenvalue weighted by Gasteiger charge is 2.18. The number of carbonyl (C=O) groups excluding carboxylic acids is 1. The van der Waals surface area contributed by atoms with Gasteiger partial charge in [-0.1, -0.05) is 42.5 Å². The van der Waals surface area contributed by atoms with Crippen LogP contribution in [0.15, 0.2) is 54.6 Å². The second-order valence-electron chi connectivity index (χ2n) is 6.02. The average molecular weight is 350 g/mol. The van der Waals surface area contributed by atoms with E-state index in [0.29, 0.717) is 29.4 Å². The van der Waals surface area contributed by atoms with Gasteiger partial charge in [-0.25, -0.2) is 9.78 Å². The number of aromatic hydroxyl groups is 1. The highest BCUT2D eigenvalue weighted by molar-refractivity contribution is 6.00. The fourth-order valence-electron chi connectivity index (χ4n) is 2.88. The molecule has 4 N–H and O–H groups in total. The van der Waals surface area contributed by atoms with Crippen molar-refractivity contribution >= 4 is 22.7 Å². The molecule has 0 radical (unpaired) electrons. The molecule has 3 rings (SSSR count). The molecule has 1 aromatic heterocycles. The van der Waals surface area contributed by atoms with Gasteiger partial charge >= 0.3 is 5.97 Å². The Hall–Kier alpha value is -3.25. The molecule has 0 saturated heterocycles. The van der Waals surface area contributed by atoms with E-state index in [2.05, 4.69) is 4.98 Å². The molecule has 0 bridgehead atoms. The number of hydrogen-bond donors (Lipinski definition) is 3. The highest BCUT2D eigenvalue weighted by Crippen LogP contribution is 2.27. The van der Waals surface area contributed by atoms with Crippen molar-refractivity contribution in [1.82, 2.24) is 4.98 Å². The number of carboxylic acid groups (broad SMARTS) is 1. The van der Waals surface area contributed by atoms with Gasteiger partial charge < -0.3 is 15.9 Å². The molecular weight excluding hydrogens is 332 g/mol. The molecule has 132 valence electrons. The number of ketones is 1. The topological polar surface area (TPSA) is 114 Å². The summed E-state index contributed by atoms with van der Waals surface area (Å²) < 4.78 is 0. The monoisotopic (exact) mass is 350 g/mol. The first-order valence-electron chi connectivity index (χ1n) is 8.17. The molecule has 0 spiro atoms. The molecule has 1 heterocycles. The summed E-state index contributed by atoms with van der Waals surface area (Å²) >= 11 is 0. The molecule has 1 atom stereocenters. The number of nitrogens with zero attached hydrogens (tertiary/aromatic N) is 1. The van der Waals surface area contributed by atoms with Gasteiger partial charge in [0.1, 0.15) is 17.0 Å². The number of aromatic carboxylic acids is 1. The molecule has 6 heteroatoms. The van der Waals surface area contributed by atoms with Gasteiger partial charge in [0, 0.05) is 10.9 Å². The van der Waals surface area contributed by atoms with Crippen molar-refractivity contribution in [2.75, 3.05) is 0 Å². The van der Waals surface area contributed by atoms with Gasteiger partial charge in [-0.15, -0.1) is 0 Å². The summed E-state index contributed by atoms with van der Waals surface area (Å²) in [5.41, 5.74) is 7.33. The van der Waals surface area contributed by atoms with Crippen LogP contribution in [0.4, 0.5) is 0 Å². The molecule has 0 aliphatic rings. The zero-order chi connectivity index (χ0) is 18.7. The van der Waals surface area contributed by atoms with Gasteiger partial charge in [-0.3, -0.25) is 4.79 Å². The molecule has 3 aromatic rings. The van der Waals surface area contributed by atoms with Crippen LogP contribution in [0.5, 0.6) is 5.75 Å². The number of aromatic nitrogens is 1. The molecule has 2 aromatic carbocycles. The van der Waals surface area contributed by atoms with E-state index in [1.165, 1.54) is 12.1 Å². The first kappa shape index (κ1) is 17.6. The van der Waals surface area contributed by atoms with Crippen LogP contribution in [-0.4, -0.2) is 33.0 Å². The fraction of sp³-hybridized carbons (Fsp3) is 0.150. The molecule has 0 amide bonds. The maximum absolute atomic E-state index is 12.4. The van der Waals surface area contributed by atoms with Gasteiger partial charge in [0.2, 0.25) is 0 Å². The summed E-state index contributed by atoms with van der Waals surface area (Å²) in [4.78, 5) is 27.7. The number of rotatable bonds is 6. The van der Waals surface area contributed by atoms with Crippen molar-refractivity contribution in [1.29, 1.82) is 0 Å². The first-order chi connectivity index (χ1) is 12.5. The van der Waals surface area contributed by atoms with Gasteiger partial charge in [0.15, 0.2) is 5.78 Å². The van der Waals surface area contributed by atoms with E-state index in [1.54, 1.807) is 36.4 Å². The maximum Gasteiger partial charge on any atom is 0.354 e. The van der Waals surface area contributed by atoms with Crippen LogP contribution in [0.2, 0.25) is 0 Å². The zero-order valence-electron chi connectivity index (χ0n) is 13.9. The highest BCUT2D eigenvalue weighted by atomic mass is 16.4. The summed E-state index contributed by atoms with van der Waals surface area (Å²) in [5, 5.41) is 19.9. The number of aryl methyl sites for hydroxylation is 1. The van der Waals surface area contributed by atoms with Gasteiger partial charge in [-0.05, 0) is 30.5 Å². The lowest BCUT2D eigenvalue weighted by Gasteiger charge is -2.13. The number of para-hydroxylation sites is 1. The second-order valence-corrected chi connectivity index (χ2v) is 6.02. The first-order valence-corrected chi connectivity index (χ1v) is 8.17.